The molecule has 42 heavy (non-hydrogen) atoms. The maximum Gasteiger partial charge on any atom is 0.0852 e. The Bertz CT molecular complexity index is 1160. The van der Waals surface area contributed by atoms with Crippen molar-refractivity contribution in [3.8, 4) is 0 Å². The Labute approximate surface area is 257 Å². The summed E-state index contributed by atoms with van der Waals surface area (Å²) in [6.07, 6.45) is 17.1. The molecule has 0 aliphatic rings. The van der Waals surface area contributed by atoms with Crippen molar-refractivity contribution in [1.29, 1.82) is 0 Å². The van der Waals surface area contributed by atoms with Gasteiger partial charge in [-0.05, 0) is 87.8 Å². The molecule has 2 aromatic carbocycles. The average molecular weight is 566 g/mol. The number of hydrogen-bond acceptors (Lipinski definition) is 3. The molecule has 3 aromatic rings. The Kier molecular flexibility index (Phi) is 14.7. The van der Waals surface area contributed by atoms with Gasteiger partial charge < -0.3 is 0 Å². The highest BCUT2D eigenvalue weighted by Crippen LogP contribution is 2.27. The van der Waals surface area contributed by atoms with Gasteiger partial charge in [-0.1, -0.05) is 121 Å². The molecule has 0 saturated heterocycles. The van der Waals surface area contributed by atoms with Crippen LogP contribution in [0.2, 0.25) is 0 Å². The SMILES string of the molecule is CCCCCCCCC(=Nc1c(C)cccc1C)c1cccc(C(CCCCCCCC)=Nc2c(C)cccc2C)n1. The van der Waals surface area contributed by atoms with Crippen LogP contribution in [0.15, 0.2) is 64.6 Å². The molecule has 0 saturated carbocycles. The molecule has 0 aliphatic carbocycles. The molecule has 0 N–H and O–H groups in total. The van der Waals surface area contributed by atoms with Gasteiger partial charge in [-0.25, -0.2) is 4.98 Å². The van der Waals surface area contributed by atoms with Crippen molar-refractivity contribution in [1.82, 2.24) is 4.98 Å². The van der Waals surface area contributed by atoms with Crippen LogP contribution in [0.4, 0.5) is 11.4 Å². The summed E-state index contributed by atoms with van der Waals surface area (Å²) in [6.45, 7) is 13.2. The van der Waals surface area contributed by atoms with Gasteiger partial charge in [-0.3, -0.25) is 9.98 Å². The molecule has 1 aromatic heterocycles. The molecule has 0 bridgehead atoms. The van der Waals surface area contributed by atoms with Gasteiger partial charge in [0.2, 0.25) is 0 Å². The quantitative estimate of drug-likeness (QED) is 0.112. The number of rotatable bonds is 18. The monoisotopic (exact) mass is 565 g/mol. The average Bonchev–Trinajstić information content (AvgIpc) is 2.98. The number of pyridine rings is 1. The fraction of sp³-hybridized carbons (Fsp3) is 0.513. The molecule has 0 radical (unpaired) electrons. The Hall–Kier alpha value is -3.07. The second-order valence-corrected chi connectivity index (χ2v) is 12.0. The molecule has 3 heteroatoms. The molecule has 0 fully saturated rings. The van der Waals surface area contributed by atoms with Gasteiger partial charge in [0.05, 0.1) is 34.2 Å². The van der Waals surface area contributed by atoms with E-state index in [9.17, 15) is 0 Å². The summed E-state index contributed by atoms with van der Waals surface area (Å²) in [5.41, 5.74) is 11.2. The third-order valence-corrected chi connectivity index (χ3v) is 8.25. The number of aryl methyl sites for hydroxylation is 4. The number of aliphatic imine (C=N–C) groups is 2. The van der Waals surface area contributed by atoms with Gasteiger partial charge in [0.1, 0.15) is 0 Å². The highest BCUT2D eigenvalue weighted by Gasteiger charge is 2.14. The summed E-state index contributed by atoms with van der Waals surface area (Å²) < 4.78 is 0. The lowest BCUT2D eigenvalue weighted by molar-refractivity contribution is 0.615. The van der Waals surface area contributed by atoms with Gasteiger partial charge in [0, 0.05) is 0 Å². The Morgan fingerprint density at radius 2 is 0.810 bits per heavy atom. The topological polar surface area (TPSA) is 37.6 Å². The first-order valence-electron chi connectivity index (χ1n) is 16.7. The number of para-hydroxylation sites is 2. The van der Waals surface area contributed by atoms with E-state index < -0.39 is 0 Å². The van der Waals surface area contributed by atoms with Crippen molar-refractivity contribution in [3.05, 3.63) is 88.2 Å². The number of nitrogens with zero attached hydrogens (tertiary/aromatic N) is 3. The highest BCUT2D eigenvalue weighted by molar-refractivity contribution is 6.04. The summed E-state index contributed by atoms with van der Waals surface area (Å²) in [4.78, 5) is 15.9. The van der Waals surface area contributed by atoms with E-state index in [1.807, 2.05) is 0 Å². The van der Waals surface area contributed by atoms with Gasteiger partial charge in [-0.15, -0.1) is 0 Å². The van der Waals surface area contributed by atoms with E-state index in [1.165, 1.54) is 86.5 Å². The Morgan fingerprint density at radius 1 is 0.476 bits per heavy atom. The first-order chi connectivity index (χ1) is 20.4. The van der Waals surface area contributed by atoms with Gasteiger partial charge >= 0.3 is 0 Å². The molecule has 3 nitrogen and oxygen atoms in total. The Morgan fingerprint density at radius 3 is 1.19 bits per heavy atom. The molecule has 0 unspecified atom stereocenters. The van der Waals surface area contributed by atoms with Gasteiger partial charge in [0.15, 0.2) is 0 Å². The maximum atomic E-state index is 5.29. The molecule has 3 rings (SSSR count). The minimum absolute atomic E-state index is 0.942. The second kappa shape index (κ2) is 18.5. The molecule has 0 aliphatic heterocycles. The fourth-order valence-electron chi connectivity index (χ4n) is 5.62. The molecular weight excluding hydrogens is 510 g/mol. The van der Waals surface area contributed by atoms with Gasteiger partial charge in [-0.2, -0.15) is 0 Å². The molecular formula is C39H55N3. The smallest absolute Gasteiger partial charge is 0.0852 e. The molecule has 0 amide bonds. The zero-order valence-electron chi connectivity index (χ0n) is 27.4. The number of aromatic nitrogens is 1. The molecule has 0 spiro atoms. The van der Waals surface area contributed by atoms with Crippen LogP contribution in [0.3, 0.4) is 0 Å². The van der Waals surface area contributed by atoms with Crippen molar-refractivity contribution in [2.45, 2.75) is 131 Å². The fourth-order valence-corrected chi connectivity index (χ4v) is 5.62. The first-order valence-corrected chi connectivity index (χ1v) is 16.7. The van der Waals surface area contributed by atoms with E-state index in [4.69, 9.17) is 15.0 Å². The zero-order chi connectivity index (χ0) is 30.2. The van der Waals surface area contributed by atoms with Gasteiger partial charge in [0.25, 0.3) is 0 Å². The van der Waals surface area contributed by atoms with E-state index in [1.54, 1.807) is 0 Å². The van der Waals surface area contributed by atoms with E-state index in [0.717, 1.165) is 59.9 Å². The lowest BCUT2D eigenvalue weighted by atomic mass is 10.0. The third-order valence-electron chi connectivity index (χ3n) is 8.25. The standard InChI is InChI=1S/C39H55N3/c1-7-9-11-13-15-17-26-36(41-38-30(3)22-19-23-31(38)4)34-28-21-29-35(40-34)37(27-18-16-14-12-10-8-2)42-39-32(5)24-20-25-33(39)6/h19-25,28-29H,7-18,26-27H2,1-6H3. The normalized spacial score (nSPS) is 12.2. The predicted octanol–water partition coefficient (Wildman–Crippen LogP) is 12.1. The van der Waals surface area contributed by atoms with Crippen molar-refractivity contribution in [2.75, 3.05) is 0 Å². The summed E-state index contributed by atoms with van der Waals surface area (Å²) in [5.74, 6) is 0. The van der Waals surface area contributed by atoms with Crippen LogP contribution in [0.25, 0.3) is 0 Å². The predicted molar refractivity (Wildman–Crippen MR) is 184 cm³/mol. The first kappa shape index (κ1) is 33.4. The van der Waals surface area contributed by atoms with Crippen LogP contribution >= 0.6 is 0 Å². The van der Waals surface area contributed by atoms with Crippen molar-refractivity contribution < 1.29 is 0 Å². The maximum absolute atomic E-state index is 5.29. The summed E-state index contributed by atoms with van der Waals surface area (Å²) in [6, 6.07) is 19.3. The highest BCUT2D eigenvalue weighted by atomic mass is 14.8. The molecule has 0 atom stereocenters. The minimum Gasteiger partial charge on any atom is -0.251 e. The largest absolute Gasteiger partial charge is 0.251 e. The van der Waals surface area contributed by atoms with E-state index in [2.05, 4.69) is 96.1 Å². The lowest BCUT2D eigenvalue weighted by Crippen LogP contribution is -2.10. The summed E-state index contributed by atoms with van der Waals surface area (Å²) in [5, 5.41) is 0. The van der Waals surface area contributed by atoms with Crippen LogP contribution in [-0.2, 0) is 0 Å². The third kappa shape index (κ3) is 10.6. The summed E-state index contributed by atoms with van der Waals surface area (Å²) >= 11 is 0. The minimum atomic E-state index is 0.942. The second-order valence-electron chi connectivity index (χ2n) is 12.0. The number of unbranched alkanes of at least 4 members (excludes halogenated alkanes) is 10. The van der Waals surface area contributed by atoms with Crippen molar-refractivity contribution in [2.24, 2.45) is 9.98 Å². The van der Waals surface area contributed by atoms with Crippen LogP contribution in [0, 0.1) is 27.7 Å². The van der Waals surface area contributed by atoms with Crippen molar-refractivity contribution >= 4 is 22.8 Å². The van der Waals surface area contributed by atoms with E-state index in [0.29, 0.717) is 0 Å². The summed E-state index contributed by atoms with van der Waals surface area (Å²) in [7, 11) is 0. The lowest BCUT2D eigenvalue weighted by Gasteiger charge is -2.13. The zero-order valence-corrected chi connectivity index (χ0v) is 27.4. The van der Waals surface area contributed by atoms with Crippen LogP contribution in [0.5, 0.6) is 0 Å². The van der Waals surface area contributed by atoms with Crippen LogP contribution < -0.4 is 0 Å². The number of hydrogen-bond donors (Lipinski definition) is 0. The number of benzene rings is 2. The van der Waals surface area contributed by atoms with E-state index >= 15 is 0 Å². The van der Waals surface area contributed by atoms with Crippen LogP contribution in [0.1, 0.15) is 137 Å². The van der Waals surface area contributed by atoms with Crippen molar-refractivity contribution in [3.63, 3.8) is 0 Å². The van der Waals surface area contributed by atoms with Crippen LogP contribution in [-0.4, -0.2) is 16.4 Å². The molecule has 226 valence electrons. The molecule has 1 heterocycles. The van der Waals surface area contributed by atoms with E-state index in [-0.39, 0.29) is 0 Å². The Balaban J connectivity index is 1.96.